The Labute approximate surface area is 276 Å². The van der Waals surface area contributed by atoms with Gasteiger partial charge < -0.3 is 4.74 Å². The molecule has 7 aromatic rings. The van der Waals surface area contributed by atoms with Crippen molar-refractivity contribution in [3.8, 4) is 34.0 Å². The molecule has 0 radical (unpaired) electrons. The Bertz CT molecular complexity index is 2180. The Morgan fingerprint density at radius 2 is 1.43 bits per heavy atom. The van der Waals surface area contributed by atoms with E-state index in [2.05, 4.69) is 136 Å². The minimum absolute atomic E-state index is 0.495. The minimum atomic E-state index is -0.575. The summed E-state index contributed by atoms with van der Waals surface area (Å²) in [6.45, 7) is 6.60. The van der Waals surface area contributed by atoms with E-state index in [1.807, 2.05) is 52.0 Å². The van der Waals surface area contributed by atoms with Gasteiger partial charge in [-0.2, -0.15) is 0 Å². The number of rotatable bonds is 7. The van der Waals surface area contributed by atoms with Crippen LogP contribution in [0.2, 0.25) is 0 Å². The van der Waals surface area contributed by atoms with E-state index in [1.54, 1.807) is 0 Å². The molecule has 8 rings (SSSR count). The van der Waals surface area contributed by atoms with Gasteiger partial charge in [-0.25, -0.2) is 0 Å². The Hall–Kier alpha value is -5.74. The van der Waals surface area contributed by atoms with Gasteiger partial charge in [0.1, 0.15) is 11.5 Å². The highest BCUT2D eigenvalue weighted by Gasteiger charge is 2.47. The molecule has 0 atom stereocenters. The van der Waals surface area contributed by atoms with Gasteiger partial charge in [0.25, 0.3) is 6.33 Å². The summed E-state index contributed by atoms with van der Waals surface area (Å²) < 4.78 is 10.6. The Kier molecular flexibility index (Phi) is 7.06. The fourth-order valence-electron chi connectivity index (χ4n) is 7.08. The molecule has 0 aliphatic heterocycles. The molecule has 0 unspecified atom stereocenters. The van der Waals surface area contributed by atoms with Crippen LogP contribution in [0.3, 0.4) is 0 Å². The number of aryl methyl sites for hydroxylation is 1. The normalized spacial score (nSPS) is 12.9. The summed E-state index contributed by atoms with van der Waals surface area (Å²) in [6, 6.07) is 46.8. The van der Waals surface area contributed by atoms with Crippen molar-refractivity contribution < 1.29 is 9.30 Å². The maximum atomic E-state index is 6.59. The fourth-order valence-corrected chi connectivity index (χ4v) is 7.08. The summed E-state index contributed by atoms with van der Waals surface area (Å²) >= 11 is 0. The molecule has 0 fully saturated rings. The zero-order valence-corrected chi connectivity index (χ0v) is 26.8. The van der Waals surface area contributed by atoms with Gasteiger partial charge in [0.05, 0.1) is 22.5 Å². The number of aromatic nitrogens is 3. The quantitative estimate of drug-likeness (QED) is 0.133. The molecule has 0 saturated carbocycles. The molecule has 4 heteroatoms. The number of ether oxygens (including phenoxy) is 1. The van der Waals surface area contributed by atoms with Crippen LogP contribution in [0.25, 0.3) is 22.5 Å². The average Bonchev–Trinajstić information content (AvgIpc) is 3.71. The second-order valence-electron chi connectivity index (χ2n) is 12.5. The molecule has 228 valence electrons. The number of hydrogen-bond acceptors (Lipinski definition) is 2. The number of imidazole rings is 1. The Balaban J connectivity index is 1.16. The summed E-state index contributed by atoms with van der Waals surface area (Å²) in [5.41, 5.74) is 11.1. The van der Waals surface area contributed by atoms with Gasteiger partial charge in [0.2, 0.25) is 0 Å². The van der Waals surface area contributed by atoms with Crippen LogP contribution in [0.4, 0.5) is 0 Å². The first-order valence-electron chi connectivity index (χ1n) is 16.2. The van der Waals surface area contributed by atoms with Gasteiger partial charge in [-0.1, -0.05) is 98.8 Å². The summed E-state index contributed by atoms with van der Waals surface area (Å²) in [6.07, 6.45) is 9.44. The highest BCUT2D eigenvalue weighted by Crippen LogP contribution is 2.55. The van der Waals surface area contributed by atoms with E-state index in [0.29, 0.717) is 5.92 Å². The van der Waals surface area contributed by atoms with Crippen LogP contribution in [-0.2, 0) is 5.41 Å². The van der Waals surface area contributed by atoms with Crippen LogP contribution < -0.4 is 9.30 Å². The highest BCUT2D eigenvalue weighted by molar-refractivity contribution is 5.85. The second-order valence-corrected chi connectivity index (χ2v) is 12.5. The van der Waals surface area contributed by atoms with Crippen molar-refractivity contribution in [3.05, 3.63) is 192 Å². The van der Waals surface area contributed by atoms with Crippen LogP contribution >= 0.6 is 0 Å². The van der Waals surface area contributed by atoms with E-state index in [0.717, 1.165) is 34.1 Å². The minimum Gasteiger partial charge on any atom is -0.458 e. The molecule has 47 heavy (non-hydrogen) atoms. The summed E-state index contributed by atoms with van der Waals surface area (Å²) in [5, 5.41) is 0. The molecule has 0 N–H and O–H groups in total. The first-order chi connectivity index (χ1) is 23.0. The van der Waals surface area contributed by atoms with Crippen molar-refractivity contribution in [1.82, 2.24) is 9.55 Å². The average molecular weight is 610 g/mol. The van der Waals surface area contributed by atoms with E-state index < -0.39 is 5.41 Å². The van der Waals surface area contributed by atoms with E-state index >= 15 is 0 Å². The lowest BCUT2D eigenvalue weighted by Gasteiger charge is -2.32. The zero-order valence-electron chi connectivity index (χ0n) is 26.8. The van der Waals surface area contributed by atoms with Gasteiger partial charge in [-0.15, -0.1) is 0 Å². The molecule has 0 spiro atoms. The van der Waals surface area contributed by atoms with Crippen LogP contribution in [0.15, 0.2) is 152 Å². The van der Waals surface area contributed by atoms with Gasteiger partial charge in [-0.05, 0) is 100 Å². The predicted octanol–water partition coefficient (Wildman–Crippen LogP) is 9.54. The zero-order chi connectivity index (χ0) is 32.0. The SMILES string of the molecule is Cc1cc(C(C)C)ccc1-[n+]1[c-]n(-c2cccc(Oc3cccc(C4(c5ccccn5)c5ccccc5-c5ccccc54)c3)c2)cc1. The molecule has 5 aromatic carbocycles. The number of benzene rings is 5. The largest absolute Gasteiger partial charge is 0.458 e. The molecule has 1 aliphatic rings. The van der Waals surface area contributed by atoms with Gasteiger partial charge >= 0.3 is 0 Å². The van der Waals surface area contributed by atoms with Gasteiger partial charge in [0, 0.05) is 18.6 Å². The molecule has 0 saturated heterocycles. The molecule has 0 bridgehead atoms. The third kappa shape index (κ3) is 4.85. The van der Waals surface area contributed by atoms with Crippen molar-refractivity contribution >= 4 is 0 Å². The summed E-state index contributed by atoms with van der Waals surface area (Å²) in [5.74, 6) is 2.02. The van der Waals surface area contributed by atoms with Crippen molar-refractivity contribution in [2.24, 2.45) is 0 Å². The number of pyridine rings is 1. The first kappa shape index (κ1) is 28.7. The lowest BCUT2D eigenvalue weighted by Crippen LogP contribution is -2.29. The maximum absolute atomic E-state index is 6.59. The van der Waals surface area contributed by atoms with Crippen molar-refractivity contribution in [1.29, 1.82) is 0 Å². The van der Waals surface area contributed by atoms with E-state index in [9.17, 15) is 0 Å². The van der Waals surface area contributed by atoms with E-state index in [4.69, 9.17) is 9.72 Å². The number of nitrogens with zero attached hydrogens (tertiary/aromatic N) is 3. The predicted molar refractivity (Wildman–Crippen MR) is 187 cm³/mol. The molecular weight excluding hydrogens is 574 g/mol. The first-order valence-corrected chi connectivity index (χ1v) is 16.2. The molecule has 2 aromatic heterocycles. The molecule has 2 heterocycles. The van der Waals surface area contributed by atoms with Crippen molar-refractivity contribution in [3.63, 3.8) is 0 Å². The van der Waals surface area contributed by atoms with Crippen LogP contribution in [-0.4, -0.2) is 9.55 Å². The van der Waals surface area contributed by atoms with Crippen LogP contribution in [0, 0.1) is 13.3 Å². The third-order valence-electron chi connectivity index (χ3n) is 9.33. The highest BCUT2D eigenvalue weighted by atomic mass is 16.5. The Morgan fingerprint density at radius 3 is 2.13 bits per heavy atom. The van der Waals surface area contributed by atoms with Crippen LogP contribution in [0.5, 0.6) is 11.5 Å². The monoisotopic (exact) mass is 609 g/mol. The van der Waals surface area contributed by atoms with E-state index in [-0.39, 0.29) is 0 Å². The summed E-state index contributed by atoms with van der Waals surface area (Å²) in [7, 11) is 0. The summed E-state index contributed by atoms with van der Waals surface area (Å²) in [4.78, 5) is 4.96. The Morgan fingerprint density at radius 1 is 0.723 bits per heavy atom. The third-order valence-corrected chi connectivity index (χ3v) is 9.33. The van der Waals surface area contributed by atoms with E-state index in [1.165, 1.54) is 33.4 Å². The van der Waals surface area contributed by atoms with Crippen molar-refractivity contribution in [2.75, 3.05) is 0 Å². The fraction of sp³-hybridized carbons (Fsp3) is 0.116. The topological polar surface area (TPSA) is 30.9 Å². The maximum Gasteiger partial charge on any atom is 0.268 e. The lowest BCUT2D eigenvalue weighted by molar-refractivity contribution is -0.599. The van der Waals surface area contributed by atoms with Gasteiger partial charge in [-0.3, -0.25) is 14.1 Å². The number of hydrogen-bond donors (Lipinski definition) is 0. The molecular formula is C43H35N3O. The lowest BCUT2D eigenvalue weighted by atomic mass is 9.70. The standard InChI is InChI=1S/C43H35N3O/c1-30(2)32-21-22-41(31(3)26-32)46-25-24-45(29-46)34-13-11-15-36(28-34)47-35-14-10-12-33(27-35)43(42-20-8-9-23-44-42)39-18-6-4-16-37(39)38-17-5-7-19-40(38)43/h4-28,30H,1-3H3. The number of fused-ring (bicyclic) bond motifs is 3. The second kappa shape index (κ2) is 11.6. The molecule has 4 nitrogen and oxygen atoms in total. The van der Waals surface area contributed by atoms with Crippen molar-refractivity contribution in [2.45, 2.75) is 32.1 Å². The van der Waals surface area contributed by atoms with Gasteiger partial charge in [0.15, 0.2) is 0 Å². The smallest absolute Gasteiger partial charge is 0.268 e. The molecule has 0 amide bonds. The van der Waals surface area contributed by atoms with Crippen LogP contribution in [0.1, 0.15) is 53.3 Å². The molecule has 1 aliphatic carbocycles.